The molecular weight excluding hydrogens is 240 g/mol. The van der Waals surface area contributed by atoms with Gasteiger partial charge in [0, 0.05) is 18.6 Å². The van der Waals surface area contributed by atoms with Gasteiger partial charge in [0.15, 0.2) is 0 Å². The highest BCUT2D eigenvalue weighted by molar-refractivity contribution is 6.11. The van der Waals surface area contributed by atoms with Crippen LogP contribution in [0.2, 0.25) is 0 Å². The van der Waals surface area contributed by atoms with E-state index in [0.29, 0.717) is 16.8 Å². The first-order valence-corrected chi connectivity index (χ1v) is 5.89. The van der Waals surface area contributed by atoms with Gasteiger partial charge in [-0.2, -0.15) is 0 Å². The first-order chi connectivity index (χ1) is 9.24. The summed E-state index contributed by atoms with van der Waals surface area (Å²) < 4.78 is 0. The van der Waals surface area contributed by atoms with Crippen molar-refractivity contribution in [2.24, 2.45) is 0 Å². The maximum absolute atomic E-state index is 12.2. The first-order valence-electron chi connectivity index (χ1n) is 5.89. The van der Waals surface area contributed by atoms with E-state index in [1.54, 1.807) is 36.9 Å². The fourth-order valence-corrected chi connectivity index (χ4v) is 1.92. The topological polar surface area (TPSA) is 70.7 Å². The lowest BCUT2D eigenvalue weighted by molar-refractivity contribution is 0.102. The van der Waals surface area contributed by atoms with E-state index in [-0.39, 0.29) is 5.91 Å². The van der Waals surface area contributed by atoms with Gasteiger partial charge >= 0.3 is 0 Å². The average Bonchev–Trinajstić information content (AvgIpc) is 2.82. The molecule has 3 heterocycles. The molecule has 3 aromatic heterocycles. The first kappa shape index (κ1) is 11.4. The van der Waals surface area contributed by atoms with Gasteiger partial charge < -0.3 is 10.3 Å². The molecule has 0 unspecified atom stereocenters. The van der Waals surface area contributed by atoms with Crippen molar-refractivity contribution in [1.82, 2.24) is 15.0 Å². The molecule has 0 atom stereocenters. The van der Waals surface area contributed by atoms with Crippen LogP contribution in [-0.4, -0.2) is 20.9 Å². The molecule has 3 rings (SSSR count). The van der Waals surface area contributed by atoms with Crippen LogP contribution in [0.5, 0.6) is 0 Å². The number of hydrogen-bond acceptors (Lipinski definition) is 3. The van der Waals surface area contributed by atoms with Crippen molar-refractivity contribution >= 4 is 22.6 Å². The molecular formula is C14H12N4O. The molecule has 0 aliphatic carbocycles. The zero-order chi connectivity index (χ0) is 13.2. The van der Waals surface area contributed by atoms with Gasteiger partial charge in [-0.05, 0) is 30.7 Å². The third kappa shape index (κ3) is 2.18. The van der Waals surface area contributed by atoms with Crippen molar-refractivity contribution in [2.45, 2.75) is 6.92 Å². The number of aromatic amines is 1. The molecule has 0 radical (unpaired) electrons. The molecule has 2 N–H and O–H groups in total. The lowest BCUT2D eigenvalue weighted by atomic mass is 10.2. The van der Waals surface area contributed by atoms with E-state index < -0.39 is 0 Å². The van der Waals surface area contributed by atoms with Crippen molar-refractivity contribution in [3.63, 3.8) is 0 Å². The van der Waals surface area contributed by atoms with Gasteiger partial charge in [-0.25, -0.2) is 0 Å². The van der Waals surface area contributed by atoms with Gasteiger partial charge in [0.2, 0.25) is 0 Å². The number of pyridine rings is 2. The van der Waals surface area contributed by atoms with E-state index in [0.717, 1.165) is 11.1 Å². The van der Waals surface area contributed by atoms with Crippen LogP contribution in [0, 0.1) is 6.92 Å². The fourth-order valence-electron chi connectivity index (χ4n) is 1.92. The van der Waals surface area contributed by atoms with Crippen LogP contribution in [0.15, 0.2) is 43.0 Å². The van der Waals surface area contributed by atoms with Crippen LogP contribution < -0.4 is 5.32 Å². The van der Waals surface area contributed by atoms with Gasteiger partial charge in [-0.1, -0.05) is 0 Å². The quantitative estimate of drug-likeness (QED) is 0.736. The van der Waals surface area contributed by atoms with Crippen molar-refractivity contribution in [3.05, 3.63) is 54.1 Å². The zero-order valence-electron chi connectivity index (χ0n) is 10.3. The van der Waals surface area contributed by atoms with Crippen LogP contribution in [0.1, 0.15) is 15.9 Å². The Balaban J connectivity index is 1.94. The SMILES string of the molecule is Cc1cnc2c(C(=O)Nc3cccnc3)c[nH]c2c1. The molecule has 0 saturated carbocycles. The lowest BCUT2D eigenvalue weighted by Crippen LogP contribution is -2.11. The molecule has 0 bridgehead atoms. The summed E-state index contributed by atoms with van der Waals surface area (Å²) in [6.07, 6.45) is 6.68. The molecule has 0 aliphatic heterocycles. The maximum atomic E-state index is 12.2. The summed E-state index contributed by atoms with van der Waals surface area (Å²) in [5.74, 6) is -0.199. The van der Waals surface area contributed by atoms with E-state index in [9.17, 15) is 4.79 Å². The standard InChI is InChI=1S/C14H12N4O/c1-9-5-12-13(17-6-9)11(8-16-12)14(19)18-10-3-2-4-15-7-10/h2-8,16H,1H3,(H,18,19). The zero-order valence-corrected chi connectivity index (χ0v) is 10.3. The number of aryl methyl sites for hydroxylation is 1. The molecule has 5 heteroatoms. The van der Waals surface area contributed by atoms with Gasteiger partial charge in [0.05, 0.1) is 23.0 Å². The van der Waals surface area contributed by atoms with Gasteiger partial charge in [0.25, 0.3) is 5.91 Å². The van der Waals surface area contributed by atoms with E-state index >= 15 is 0 Å². The Labute approximate surface area is 109 Å². The lowest BCUT2D eigenvalue weighted by Gasteiger charge is -2.02. The number of carbonyl (C=O) groups is 1. The summed E-state index contributed by atoms with van der Waals surface area (Å²) in [6, 6.07) is 5.52. The van der Waals surface area contributed by atoms with Crippen LogP contribution in [0.25, 0.3) is 11.0 Å². The molecule has 0 spiro atoms. The highest BCUT2D eigenvalue weighted by Gasteiger charge is 2.13. The van der Waals surface area contributed by atoms with E-state index in [1.165, 1.54) is 0 Å². The number of fused-ring (bicyclic) bond motifs is 1. The summed E-state index contributed by atoms with van der Waals surface area (Å²) in [7, 11) is 0. The van der Waals surface area contributed by atoms with E-state index in [2.05, 4.69) is 20.3 Å². The van der Waals surface area contributed by atoms with E-state index in [1.807, 2.05) is 13.0 Å². The highest BCUT2D eigenvalue weighted by atomic mass is 16.1. The molecule has 1 amide bonds. The molecule has 0 saturated heterocycles. The van der Waals surface area contributed by atoms with Gasteiger partial charge in [-0.15, -0.1) is 0 Å². The largest absolute Gasteiger partial charge is 0.359 e. The van der Waals surface area contributed by atoms with Crippen molar-refractivity contribution < 1.29 is 4.79 Å². The number of anilines is 1. The van der Waals surface area contributed by atoms with E-state index in [4.69, 9.17) is 0 Å². The summed E-state index contributed by atoms with van der Waals surface area (Å²) in [5, 5.41) is 2.79. The van der Waals surface area contributed by atoms with Crippen LogP contribution in [0.4, 0.5) is 5.69 Å². The second-order valence-electron chi connectivity index (χ2n) is 4.31. The Morgan fingerprint density at radius 2 is 2.26 bits per heavy atom. The molecule has 0 aliphatic rings. The van der Waals surface area contributed by atoms with Gasteiger partial charge in [0.1, 0.15) is 5.52 Å². The van der Waals surface area contributed by atoms with Crippen molar-refractivity contribution in [3.8, 4) is 0 Å². The number of H-pyrrole nitrogens is 1. The molecule has 5 nitrogen and oxygen atoms in total. The Morgan fingerprint density at radius 3 is 3.05 bits per heavy atom. The number of aromatic nitrogens is 3. The minimum absolute atomic E-state index is 0.199. The summed E-state index contributed by atoms with van der Waals surface area (Å²) in [6.45, 7) is 1.96. The summed E-state index contributed by atoms with van der Waals surface area (Å²) in [4.78, 5) is 23.5. The molecule has 0 fully saturated rings. The normalized spacial score (nSPS) is 10.6. The van der Waals surface area contributed by atoms with Crippen molar-refractivity contribution in [1.29, 1.82) is 0 Å². The molecule has 94 valence electrons. The Hall–Kier alpha value is -2.69. The highest BCUT2D eigenvalue weighted by Crippen LogP contribution is 2.18. The number of rotatable bonds is 2. The maximum Gasteiger partial charge on any atom is 0.259 e. The average molecular weight is 252 g/mol. The van der Waals surface area contributed by atoms with Crippen molar-refractivity contribution in [2.75, 3.05) is 5.32 Å². The number of amides is 1. The Bertz CT molecular complexity index is 734. The second-order valence-corrected chi connectivity index (χ2v) is 4.31. The molecule has 19 heavy (non-hydrogen) atoms. The van der Waals surface area contributed by atoms with Crippen LogP contribution in [-0.2, 0) is 0 Å². The number of nitrogens with one attached hydrogen (secondary N) is 2. The fraction of sp³-hybridized carbons (Fsp3) is 0.0714. The summed E-state index contributed by atoms with van der Waals surface area (Å²) >= 11 is 0. The predicted molar refractivity (Wildman–Crippen MR) is 73.0 cm³/mol. The monoisotopic (exact) mass is 252 g/mol. The predicted octanol–water partition coefficient (Wildman–Crippen LogP) is 2.52. The second kappa shape index (κ2) is 4.53. The molecule has 0 aromatic carbocycles. The minimum Gasteiger partial charge on any atom is -0.359 e. The third-order valence-corrected chi connectivity index (χ3v) is 2.82. The number of nitrogens with zero attached hydrogens (tertiary/aromatic N) is 2. The summed E-state index contributed by atoms with van der Waals surface area (Å²) in [5.41, 5.74) is 3.77. The Kier molecular flexibility index (Phi) is 2.72. The van der Waals surface area contributed by atoms with Gasteiger partial charge in [-0.3, -0.25) is 14.8 Å². The molecule has 3 aromatic rings. The third-order valence-electron chi connectivity index (χ3n) is 2.82. The Morgan fingerprint density at radius 1 is 1.37 bits per heavy atom. The minimum atomic E-state index is -0.199. The number of hydrogen-bond donors (Lipinski definition) is 2. The van der Waals surface area contributed by atoms with Crippen LogP contribution >= 0.6 is 0 Å². The van der Waals surface area contributed by atoms with Crippen LogP contribution in [0.3, 0.4) is 0 Å². The smallest absolute Gasteiger partial charge is 0.259 e. The number of carbonyl (C=O) groups excluding carboxylic acids is 1.